The summed E-state index contributed by atoms with van der Waals surface area (Å²) in [6.45, 7) is 1.80. The number of nitrogens with zero attached hydrogens (tertiary/aromatic N) is 2. The van der Waals surface area contributed by atoms with Crippen LogP contribution < -0.4 is 5.32 Å². The third kappa shape index (κ3) is 1.56. The summed E-state index contributed by atoms with van der Waals surface area (Å²) in [5.41, 5.74) is 1.61. The Labute approximate surface area is 80.5 Å². The lowest BCUT2D eigenvalue weighted by molar-refractivity contribution is -0.115. The molecule has 0 spiro atoms. The Morgan fingerprint density at radius 2 is 2.43 bits per heavy atom. The highest BCUT2D eigenvalue weighted by Crippen LogP contribution is 2.11. The molecule has 5 heteroatoms. The molecule has 2 heterocycles. The first-order valence-electron chi connectivity index (χ1n) is 4.39. The number of hydrogen-bond donors (Lipinski definition) is 2. The molecule has 0 saturated carbocycles. The van der Waals surface area contributed by atoms with Gasteiger partial charge in [-0.25, -0.2) is 4.98 Å². The Morgan fingerprint density at radius 1 is 1.57 bits per heavy atom. The normalized spacial score (nSPS) is 10.4. The third-order valence-corrected chi connectivity index (χ3v) is 1.89. The van der Waals surface area contributed by atoms with Gasteiger partial charge in [-0.05, 0) is 12.1 Å². The molecule has 0 aromatic carbocycles. The van der Waals surface area contributed by atoms with Crippen molar-refractivity contribution in [1.29, 1.82) is 0 Å². The first-order chi connectivity index (χ1) is 6.79. The molecule has 2 N–H and O–H groups in total. The van der Waals surface area contributed by atoms with Crippen LogP contribution in [-0.2, 0) is 4.79 Å². The number of nitrogens with one attached hydrogen (secondary N) is 2. The quantitative estimate of drug-likeness (QED) is 0.749. The number of carbonyl (C=O) groups excluding carboxylic acids is 1. The van der Waals surface area contributed by atoms with Gasteiger partial charge in [-0.1, -0.05) is 6.92 Å². The number of aromatic nitrogens is 3. The van der Waals surface area contributed by atoms with Crippen molar-refractivity contribution in [2.75, 3.05) is 5.32 Å². The molecule has 2 aromatic heterocycles. The Bertz CT molecular complexity index is 463. The molecular weight excluding hydrogens is 180 g/mol. The zero-order chi connectivity index (χ0) is 9.97. The highest BCUT2D eigenvalue weighted by Gasteiger charge is 2.02. The maximum atomic E-state index is 11.1. The Hall–Kier alpha value is -1.91. The van der Waals surface area contributed by atoms with Gasteiger partial charge in [-0.15, -0.1) is 0 Å². The van der Waals surface area contributed by atoms with E-state index >= 15 is 0 Å². The fourth-order valence-corrected chi connectivity index (χ4v) is 1.13. The van der Waals surface area contributed by atoms with Crippen molar-refractivity contribution in [2.45, 2.75) is 13.3 Å². The molecule has 0 aliphatic rings. The van der Waals surface area contributed by atoms with E-state index in [1.807, 2.05) is 6.07 Å². The molecule has 0 atom stereocenters. The number of hydrogen-bond acceptors (Lipinski definition) is 3. The van der Waals surface area contributed by atoms with Gasteiger partial charge in [0.15, 0.2) is 0 Å². The maximum Gasteiger partial charge on any atom is 0.225 e. The second kappa shape index (κ2) is 3.45. The number of pyridine rings is 1. The van der Waals surface area contributed by atoms with Gasteiger partial charge in [0.2, 0.25) is 5.91 Å². The highest BCUT2D eigenvalue weighted by molar-refractivity contribution is 5.90. The summed E-state index contributed by atoms with van der Waals surface area (Å²) in [7, 11) is 0. The molecule has 5 nitrogen and oxygen atoms in total. The minimum atomic E-state index is -0.0413. The molecule has 72 valence electrons. The van der Waals surface area contributed by atoms with Crippen LogP contribution in [0.2, 0.25) is 0 Å². The van der Waals surface area contributed by atoms with Crippen molar-refractivity contribution in [3.63, 3.8) is 0 Å². The summed E-state index contributed by atoms with van der Waals surface area (Å²) >= 11 is 0. The summed E-state index contributed by atoms with van der Waals surface area (Å²) < 4.78 is 0. The maximum absolute atomic E-state index is 11.1. The number of rotatable bonds is 2. The van der Waals surface area contributed by atoms with Crippen molar-refractivity contribution < 1.29 is 4.79 Å². The van der Waals surface area contributed by atoms with Crippen LogP contribution in [0.4, 0.5) is 5.82 Å². The van der Waals surface area contributed by atoms with Gasteiger partial charge in [0.25, 0.3) is 0 Å². The molecule has 0 unspecified atom stereocenters. The van der Waals surface area contributed by atoms with E-state index < -0.39 is 0 Å². The molecule has 2 aromatic rings. The van der Waals surface area contributed by atoms with Crippen LogP contribution in [0.5, 0.6) is 0 Å². The summed E-state index contributed by atoms with van der Waals surface area (Å²) in [6, 6.07) is 3.58. The minimum absolute atomic E-state index is 0.0413. The topological polar surface area (TPSA) is 70.7 Å². The molecule has 0 radical (unpaired) electrons. The van der Waals surface area contributed by atoms with Crippen LogP contribution in [0.15, 0.2) is 18.3 Å². The van der Waals surface area contributed by atoms with E-state index in [0.717, 1.165) is 11.0 Å². The molecule has 0 fully saturated rings. The van der Waals surface area contributed by atoms with Crippen molar-refractivity contribution in [3.8, 4) is 0 Å². The molecule has 0 saturated heterocycles. The van der Waals surface area contributed by atoms with E-state index in [4.69, 9.17) is 0 Å². The van der Waals surface area contributed by atoms with Gasteiger partial charge < -0.3 is 5.32 Å². The van der Waals surface area contributed by atoms with Gasteiger partial charge >= 0.3 is 0 Å². The minimum Gasteiger partial charge on any atom is -0.311 e. The second-order valence-electron chi connectivity index (χ2n) is 2.90. The number of amides is 1. The van der Waals surface area contributed by atoms with Crippen LogP contribution in [0.25, 0.3) is 11.0 Å². The summed E-state index contributed by atoms with van der Waals surface area (Å²) in [5.74, 6) is 0.520. The fraction of sp³-hybridized carbons (Fsp3) is 0.222. The lowest BCUT2D eigenvalue weighted by Gasteiger charge is -2.01. The lowest BCUT2D eigenvalue weighted by atomic mass is 10.3. The van der Waals surface area contributed by atoms with Crippen molar-refractivity contribution in [1.82, 2.24) is 15.2 Å². The first-order valence-corrected chi connectivity index (χ1v) is 4.39. The van der Waals surface area contributed by atoms with Crippen molar-refractivity contribution >= 4 is 22.8 Å². The summed E-state index contributed by atoms with van der Waals surface area (Å²) in [5, 5.41) is 9.31. The molecular formula is C9H10N4O. The summed E-state index contributed by atoms with van der Waals surface area (Å²) in [4.78, 5) is 15.3. The molecule has 0 bridgehead atoms. The molecule has 0 aliphatic carbocycles. The highest BCUT2D eigenvalue weighted by atomic mass is 16.1. The number of H-pyrrole nitrogens is 1. The van der Waals surface area contributed by atoms with E-state index in [9.17, 15) is 4.79 Å². The Kier molecular flexibility index (Phi) is 2.14. The standard InChI is InChI=1S/C9H10N4O/c1-2-9(14)12-8-4-3-6-7(11-8)5-10-13-6/h3-5H,2H2,1H3,(H,10,13)(H,11,12,14). The molecule has 14 heavy (non-hydrogen) atoms. The number of anilines is 1. The first kappa shape index (κ1) is 8.68. The van der Waals surface area contributed by atoms with Crippen LogP contribution in [0.3, 0.4) is 0 Å². The Morgan fingerprint density at radius 3 is 3.21 bits per heavy atom. The number of carbonyl (C=O) groups is 1. The van der Waals surface area contributed by atoms with E-state index in [1.54, 1.807) is 19.2 Å². The smallest absolute Gasteiger partial charge is 0.225 e. The average Bonchev–Trinajstić information content (AvgIpc) is 2.64. The zero-order valence-corrected chi connectivity index (χ0v) is 7.74. The van der Waals surface area contributed by atoms with Crippen molar-refractivity contribution in [3.05, 3.63) is 18.3 Å². The molecule has 1 amide bonds. The fourth-order valence-electron chi connectivity index (χ4n) is 1.13. The van der Waals surface area contributed by atoms with Gasteiger partial charge in [-0.2, -0.15) is 5.10 Å². The SMILES string of the molecule is CCC(=O)Nc1ccc2[nH]ncc2n1. The average molecular weight is 190 g/mol. The van der Waals surface area contributed by atoms with Gasteiger partial charge in [0.1, 0.15) is 11.3 Å². The van der Waals surface area contributed by atoms with Gasteiger partial charge in [0.05, 0.1) is 11.7 Å². The van der Waals surface area contributed by atoms with Crippen LogP contribution in [0.1, 0.15) is 13.3 Å². The van der Waals surface area contributed by atoms with E-state index in [1.165, 1.54) is 0 Å². The van der Waals surface area contributed by atoms with Gasteiger partial charge in [0, 0.05) is 6.42 Å². The van der Waals surface area contributed by atoms with Crippen LogP contribution in [-0.4, -0.2) is 21.1 Å². The predicted molar refractivity (Wildman–Crippen MR) is 52.8 cm³/mol. The van der Waals surface area contributed by atoms with E-state index in [-0.39, 0.29) is 5.91 Å². The predicted octanol–water partition coefficient (Wildman–Crippen LogP) is 1.31. The number of aromatic amines is 1. The van der Waals surface area contributed by atoms with E-state index in [2.05, 4.69) is 20.5 Å². The summed E-state index contributed by atoms with van der Waals surface area (Å²) in [6.07, 6.45) is 2.07. The van der Waals surface area contributed by atoms with Gasteiger partial charge in [-0.3, -0.25) is 9.89 Å². The second-order valence-corrected chi connectivity index (χ2v) is 2.90. The number of fused-ring (bicyclic) bond motifs is 1. The Balaban J connectivity index is 2.30. The van der Waals surface area contributed by atoms with E-state index in [0.29, 0.717) is 12.2 Å². The lowest BCUT2D eigenvalue weighted by Crippen LogP contribution is -2.10. The molecule has 2 rings (SSSR count). The largest absolute Gasteiger partial charge is 0.311 e. The molecule has 0 aliphatic heterocycles. The third-order valence-electron chi connectivity index (χ3n) is 1.89. The monoisotopic (exact) mass is 190 g/mol. The van der Waals surface area contributed by atoms with Crippen molar-refractivity contribution in [2.24, 2.45) is 0 Å². The van der Waals surface area contributed by atoms with Crippen LogP contribution >= 0.6 is 0 Å². The van der Waals surface area contributed by atoms with Crippen LogP contribution in [0, 0.1) is 0 Å². The zero-order valence-electron chi connectivity index (χ0n) is 7.74.